The summed E-state index contributed by atoms with van der Waals surface area (Å²) >= 11 is 0. The fraction of sp³-hybridized carbons (Fsp3) is 0.455. The summed E-state index contributed by atoms with van der Waals surface area (Å²) in [7, 11) is 0. The molecule has 0 spiro atoms. The maximum Gasteiger partial charge on any atom is 0.358 e. The van der Waals surface area contributed by atoms with Crippen LogP contribution >= 0.6 is 0 Å². The quantitative estimate of drug-likeness (QED) is 0.820. The SMILES string of the molecule is CC1(C)CC1C(=O)Nc1nccnc1C(=O)O. The Morgan fingerprint density at radius 3 is 2.53 bits per heavy atom. The molecule has 6 nitrogen and oxygen atoms in total. The van der Waals surface area contributed by atoms with Crippen molar-refractivity contribution in [2.45, 2.75) is 20.3 Å². The Morgan fingerprint density at radius 2 is 2.00 bits per heavy atom. The van der Waals surface area contributed by atoms with Gasteiger partial charge in [0.25, 0.3) is 0 Å². The van der Waals surface area contributed by atoms with Crippen LogP contribution in [0, 0.1) is 11.3 Å². The molecule has 1 aliphatic rings. The largest absolute Gasteiger partial charge is 0.476 e. The number of aromatic nitrogens is 2. The van der Waals surface area contributed by atoms with Gasteiger partial charge in [-0.05, 0) is 11.8 Å². The lowest BCUT2D eigenvalue weighted by Gasteiger charge is -2.07. The van der Waals surface area contributed by atoms with Crippen LogP contribution < -0.4 is 5.32 Å². The molecule has 17 heavy (non-hydrogen) atoms. The van der Waals surface area contributed by atoms with Crippen molar-refractivity contribution in [3.8, 4) is 0 Å². The van der Waals surface area contributed by atoms with E-state index in [-0.39, 0.29) is 28.8 Å². The minimum Gasteiger partial charge on any atom is -0.476 e. The number of anilines is 1. The molecule has 0 saturated heterocycles. The molecule has 0 bridgehead atoms. The first kappa shape index (κ1) is 11.5. The first-order chi connectivity index (χ1) is 7.92. The Balaban J connectivity index is 2.14. The maximum absolute atomic E-state index is 11.8. The molecular formula is C11H13N3O3. The average molecular weight is 235 g/mol. The van der Waals surface area contributed by atoms with Gasteiger partial charge in [-0.25, -0.2) is 14.8 Å². The van der Waals surface area contributed by atoms with Gasteiger partial charge in [0.2, 0.25) is 5.91 Å². The van der Waals surface area contributed by atoms with Gasteiger partial charge in [-0.15, -0.1) is 0 Å². The second kappa shape index (κ2) is 3.80. The van der Waals surface area contributed by atoms with E-state index in [4.69, 9.17) is 5.11 Å². The Bertz CT molecular complexity index is 485. The topological polar surface area (TPSA) is 92.2 Å². The Morgan fingerprint density at radius 1 is 1.41 bits per heavy atom. The number of carbonyl (C=O) groups excluding carboxylic acids is 1. The zero-order valence-electron chi connectivity index (χ0n) is 9.60. The molecule has 6 heteroatoms. The van der Waals surface area contributed by atoms with Crippen LogP contribution in [0.3, 0.4) is 0 Å². The van der Waals surface area contributed by atoms with Crippen molar-refractivity contribution < 1.29 is 14.7 Å². The van der Waals surface area contributed by atoms with E-state index >= 15 is 0 Å². The minimum atomic E-state index is -1.21. The molecule has 1 aliphatic carbocycles. The molecule has 1 unspecified atom stereocenters. The van der Waals surface area contributed by atoms with Crippen molar-refractivity contribution in [1.82, 2.24) is 9.97 Å². The van der Waals surface area contributed by atoms with Gasteiger partial charge in [-0.1, -0.05) is 13.8 Å². The lowest BCUT2D eigenvalue weighted by atomic mass is 10.1. The maximum atomic E-state index is 11.8. The number of carboxylic acids is 1. The third-order valence-electron chi connectivity index (χ3n) is 2.97. The molecular weight excluding hydrogens is 222 g/mol. The van der Waals surface area contributed by atoms with Crippen molar-refractivity contribution in [3.63, 3.8) is 0 Å². The molecule has 1 amide bonds. The van der Waals surface area contributed by atoms with Gasteiger partial charge >= 0.3 is 5.97 Å². The van der Waals surface area contributed by atoms with Gasteiger partial charge in [0.15, 0.2) is 11.5 Å². The second-order valence-electron chi connectivity index (χ2n) is 4.79. The van der Waals surface area contributed by atoms with Crippen molar-refractivity contribution in [2.24, 2.45) is 11.3 Å². The molecule has 2 N–H and O–H groups in total. The molecule has 0 radical (unpaired) electrons. The highest BCUT2D eigenvalue weighted by Gasteiger charge is 2.50. The third-order valence-corrected chi connectivity index (χ3v) is 2.97. The van der Waals surface area contributed by atoms with Gasteiger partial charge in [-0.3, -0.25) is 4.79 Å². The van der Waals surface area contributed by atoms with Gasteiger partial charge < -0.3 is 10.4 Å². The van der Waals surface area contributed by atoms with Gasteiger partial charge in [0.1, 0.15) is 0 Å². The van der Waals surface area contributed by atoms with Gasteiger partial charge in [0, 0.05) is 18.3 Å². The van der Waals surface area contributed by atoms with E-state index in [1.807, 2.05) is 13.8 Å². The number of carbonyl (C=O) groups is 2. The zero-order valence-corrected chi connectivity index (χ0v) is 9.60. The van der Waals surface area contributed by atoms with Crippen LogP contribution in [-0.4, -0.2) is 27.0 Å². The number of hydrogen-bond acceptors (Lipinski definition) is 4. The van der Waals surface area contributed by atoms with E-state index in [9.17, 15) is 9.59 Å². The summed E-state index contributed by atoms with van der Waals surface area (Å²) in [6.45, 7) is 3.98. The normalized spacial score (nSPS) is 20.7. The predicted molar refractivity (Wildman–Crippen MR) is 59.5 cm³/mol. The van der Waals surface area contributed by atoms with E-state index < -0.39 is 5.97 Å². The molecule has 0 aliphatic heterocycles. The zero-order chi connectivity index (χ0) is 12.6. The number of carboxylic acid groups (broad SMARTS) is 1. The summed E-state index contributed by atoms with van der Waals surface area (Å²) in [6, 6.07) is 0. The highest BCUT2D eigenvalue weighted by molar-refractivity contribution is 5.99. The summed E-state index contributed by atoms with van der Waals surface area (Å²) in [5.74, 6) is -1.47. The molecule has 1 heterocycles. The van der Waals surface area contributed by atoms with E-state index in [0.717, 1.165) is 6.42 Å². The molecule has 1 saturated carbocycles. The Labute approximate surface area is 98.1 Å². The van der Waals surface area contributed by atoms with Gasteiger partial charge in [-0.2, -0.15) is 0 Å². The summed E-state index contributed by atoms with van der Waals surface area (Å²) in [5.41, 5.74) is -0.241. The Kier molecular flexibility index (Phi) is 2.57. The number of rotatable bonds is 3. The lowest BCUT2D eigenvalue weighted by molar-refractivity contribution is -0.118. The molecule has 1 atom stereocenters. The minimum absolute atomic E-state index is 0.00429. The average Bonchev–Trinajstić information content (AvgIpc) is 2.88. The van der Waals surface area contributed by atoms with Crippen LogP contribution in [0.2, 0.25) is 0 Å². The summed E-state index contributed by atoms with van der Waals surface area (Å²) in [5, 5.41) is 11.4. The predicted octanol–water partition coefficient (Wildman–Crippen LogP) is 1.16. The van der Waals surface area contributed by atoms with E-state index in [1.54, 1.807) is 0 Å². The standard InChI is InChI=1S/C11H13N3O3/c1-11(2)5-6(11)9(15)14-8-7(10(16)17)12-3-4-13-8/h3-4,6H,5H2,1-2H3,(H,16,17)(H,13,14,15). The highest BCUT2D eigenvalue weighted by atomic mass is 16.4. The number of aromatic carboxylic acids is 1. The van der Waals surface area contributed by atoms with Crippen molar-refractivity contribution in [1.29, 1.82) is 0 Å². The van der Waals surface area contributed by atoms with Gasteiger partial charge in [0.05, 0.1) is 0 Å². The first-order valence-electron chi connectivity index (χ1n) is 5.27. The Hall–Kier alpha value is -1.98. The van der Waals surface area contributed by atoms with Crippen molar-refractivity contribution >= 4 is 17.7 Å². The highest BCUT2D eigenvalue weighted by Crippen LogP contribution is 2.51. The van der Waals surface area contributed by atoms with Crippen LogP contribution in [-0.2, 0) is 4.79 Å². The molecule has 1 fully saturated rings. The third kappa shape index (κ3) is 2.25. The van der Waals surface area contributed by atoms with Crippen molar-refractivity contribution in [2.75, 3.05) is 5.32 Å². The second-order valence-corrected chi connectivity index (χ2v) is 4.79. The smallest absolute Gasteiger partial charge is 0.358 e. The van der Waals surface area contributed by atoms with Crippen LogP contribution in [0.5, 0.6) is 0 Å². The number of nitrogens with one attached hydrogen (secondary N) is 1. The molecule has 0 aromatic carbocycles. The number of nitrogens with zero attached hydrogens (tertiary/aromatic N) is 2. The van der Waals surface area contributed by atoms with Crippen LogP contribution in [0.25, 0.3) is 0 Å². The van der Waals surface area contributed by atoms with Crippen molar-refractivity contribution in [3.05, 3.63) is 18.1 Å². The fourth-order valence-corrected chi connectivity index (χ4v) is 1.70. The first-order valence-corrected chi connectivity index (χ1v) is 5.27. The van der Waals surface area contributed by atoms with Crippen LogP contribution in [0.4, 0.5) is 5.82 Å². The molecule has 2 rings (SSSR count). The van der Waals surface area contributed by atoms with Crippen LogP contribution in [0.1, 0.15) is 30.8 Å². The fourth-order valence-electron chi connectivity index (χ4n) is 1.70. The van der Waals surface area contributed by atoms with E-state index in [1.165, 1.54) is 12.4 Å². The monoisotopic (exact) mass is 235 g/mol. The molecule has 1 aromatic rings. The number of hydrogen-bond donors (Lipinski definition) is 2. The molecule has 1 aromatic heterocycles. The summed E-state index contributed by atoms with van der Waals surface area (Å²) < 4.78 is 0. The van der Waals surface area contributed by atoms with E-state index in [2.05, 4.69) is 15.3 Å². The molecule has 90 valence electrons. The van der Waals surface area contributed by atoms with Crippen LogP contribution in [0.15, 0.2) is 12.4 Å². The lowest BCUT2D eigenvalue weighted by Crippen LogP contribution is -2.20. The summed E-state index contributed by atoms with van der Waals surface area (Å²) in [4.78, 5) is 30.1. The number of amides is 1. The summed E-state index contributed by atoms with van der Waals surface area (Å²) in [6.07, 6.45) is 3.43. The van der Waals surface area contributed by atoms with E-state index in [0.29, 0.717) is 0 Å².